The lowest BCUT2D eigenvalue weighted by molar-refractivity contribution is 0.516. The molecule has 0 heterocycles. The summed E-state index contributed by atoms with van der Waals surface area (Å²) in [6, 6.07) is 1.64. The molecule has 0 unspecified atom stereocenters. The molecule has 0 N–H and O–H groups in total. The van der Waals surface area contributed by atoms with Gasteiger partial charge in [-0.2, -0.15) is 0 Å². The Morgan fingerprint density at radius 2 is 0.533 bits per heavy atom. The molecular formula is C28H62Si2. The van der Waals surface area contributed by atoms with Gasteiger partial charge in [0, 0.05) is 9.04 Å². The Bertz CT molecular complexity index is 252. The Hall–Kier alpha value is 0.434. The smallest absolute Gasteiger partial charge is 0.00412 e. The molecule has 0 amide bonds. The van der Waals surface area contributed by atoms with Crippen LogP contribution in [0.25, 0.3) is 0 Å². The van der Waals surface area contributed by atoms with Gasteiger partial charge in [-0.1, -0.05) is 180 Å². The summed E-state index contributed by atoms with van der Waals surface area (Å²) in [4.78, 5) is 0. The van der Waals surface area contributed by atoms with E-state index in [4.69, 9.17) is 0 Å². The third kappa shape index (κ3) is 28.4. The van der Waals surface area contributed by atoms with E-state index >= 15 is 0 Å². The van der Waals surface area contributed by atoms with Crippen LogP contribution in [0, 0.1) is 0 Å². The monoisotopic (exact) mass is 454 g/mol. The van der Waals surface area contributed by atoms with Crippen LogP contribution in [-0.4, -0.2) is 18.8 Å². The molecule has 2 heteroatoms. The van der Waals surface area contributed by atoms with Crippen LogP contribution in [0.4, 0.5) is 0 Å². The first-order chi connectivity index (χ1) is 14.9. The molecule has 0 spiro atoms. The highest BCUT2D eigenvalue weighted by Gasteiger charge is 1.96. The fourth-order valence-electron chi connectivity index (χ4n) is 4.74. The molecule has 0 aliphatic carbocycles. The minimum atomic E-state index is 0.479. The topological polar surface area (TPSA) is 0 Å². The second-order valence-electron chi connectivity index (χ2n) is 10.2. The first kappa shape index (κ1) is 30.4. The molecule has 0 saturated carbocycles. The van der Waals surface area contributed by atoms with E-state index in [1.54, 1.807) is 22.2 Å². The summed E-state index contributed by atoms with van der Waals surface area (Å²) in [5.74, 6) is 0. The quantitative estimate of drug-likeness (QED) is 0.0857. The predicted molar refractivity (Wildman–Crippen MR) is 149 cm³/mol. The average molecular weight is 455 g/mol. The zero-order valence-electron chi connectivity index (χ0n) is 21.8. The van der Waals surface area contributed by atoms with E-state index in [1.807, 2.05) is 0 Å². The largest absolute Gasteiger partial charge is 0.0655 e. The van der Waals surface area contributed by atoms with Crippen molar-refractivity contribution in [3.05, 3.63) is 0 Å². The summed E-state index contributed by atoms with van der Waals surface area (Å²) in [5.41, 5.74) is 0. The molecule has 0 rings (SSSR count). The molecule has 0 fully saturated rings. The second kappa shape index (κ2) is 29.4. The highest BCUT2D eigenvalue weighted by Crippen LogP contribution is 2.16. The summed E-state index contributed by atoms with van der Waals surface area (Å²) < 4.78 is 0. The molecule has 30 heavy (non-hydrogen) atoms. The van der Waals surface area contributed by atoms with Crippen molar-refractivity contribution >= 4 is 18.8 Å². The summed E-state index contributed by atoms with van der Waals surface area (Å²) in [5, 5.41) is 0. The van der Waals surface area contributed by atoms with E-state index in [2.05, 4.69) is 6.92 Å². The first-order valence-corrected chi connectivity index (χ1v) is 21.6. The fourth-order valence-corrected chi connectivity index (χ4v) is 7.10. The van der Waals surface area contributed by atoms with Crippen molar-refractivity contribution in [2.45, 2.75) is 180 Å². The Balaban J connectivity index is 2.97. The van der Waals surface area contributed by atoms with Crippen LogP contribution in [-0.2, 0) is 0 Å². The van der Waals surface area contributed by atoms with Crippen LogP contribution >= 0.6 is 0 Å². The van der Waals surface area contributed by atoms with Crippen molar-refractivity contribution in [3.8, 4) is 0 Å². The summed E-state index contributed by atoms with van der Waals surface area (Å²) in [7, 11) is 2.03. The lowest BCUT2D eigenvalue weighted by atomic mass is 10.0. The summed E-state index contributed by atoms with van der Waals surface area (Å²) in [6.07, 6.45) is 38.9. The summed E-state index contributed by atoms with van der Waals surface area (Å²) in [6.45, 7) is 2.31. The van der Waals surface area contributed by atoms with Crippen molar-refractivity contribution in [2.24, 2.45) is 0 Å². The van der Waals surface area contributed by atoms with Gasteiger partial charge in [-0.05, 0) is 9.76 Å². The predicted octanol–water partition coefficient (Wildman–Crippen LogP) is 9.02. The molecule has 0 aliphatic heterocycles. The lowest BCUT2D eigenvalue weighted by Gasteiger charge is -2.04. The van der Waals surface area contributed by atoms with Gasteiger partial charge in [0.15, 0.2) is 0 Å². The maximum atomic E-state index is 2.31. The zero-order chi connectivity index (χ0) is 21.8. The SMILES string of the molecule is CCCCCCCCCCCCCCCCCCCCCCCCCCCC[SiH2][SiH3]. The van der Waals surface area contributed by atoms with Crippen molar-refractivity contribution < 1.29 is 0 Å². The van der Waals surface area contributed by atoms with Gasteiger partial charge in [-0.25, -0.2) is 0 Å². The van der Waals surface area contributed by atoms with E-state index in [0.717, 1.165) is 0 Å². The minimum Gasteiger partial charge on any atom is -0.0655 e. The van der Waals surface area contributed by atoms with E-state index in [-0.39, 0.29) is 0 Å². The van der Waals surface area contributed by atoms with Gasteiger partial charge in [0.1, 0.15) is 0 Å². The van der Waals surface area contributed by atoms with E-state index in [1.165, 1.54) is 161 Å². The maximum Gasteiger partial charge on any atom is 0.00412 e. The normalized spacial score (nSPS) is 11.9. The zero-order valence-corrected chi connectivity index (χ0v) is 25.2. The number of rotatable bonds is 27. The van der Waals surface area contributed by atoms with Crippen LogP contribution < -0.4 is 0 Å². The highest BCUT2D eigenvalue weighted by atomic mass is 29.1. The molecule has 0 radical (unpaired) electrons. The van der Waals surface area contributed by atoms with Gasteiger partial charge in [-0.3, -0.25) is 0 Å². The minimum absolute atomic E-state index is 0.479. The van der Waals surface area contributed by atoms with Crippen molar-refractivity contribution in [2.75, 3.05) is 0 Å². The number of unbranched alkanes of at least 4 members (excludes halogenated alkanes) is 25. The van der Waals surface area contributed by atoms with Gasteiger partial charge in [0.2, 0.25) is 0 Å². The third-order valence-electron chi connectivity index (χ3n) is 6.96. The fraction of sp³-hybridized carbons (Fsp3) is 1.00. The molecule has 182 valence electrons. The number of hydrogen-bond donors (Lipinski definition) is 0. The first-order valence-electron chi connectivity index (χ1n) is 14.9. The van der Waals surface area contributed by atoms with Crippen LogP contribution in [0.3, 0.4) is 0 Å². The van der Waals surface area contributed by atoms with E-state index in [9.17, 15) is 0 Å². The molecule has 0 saturated heterocycles. The molecule has 0 aromatic carbocycles. The maximum absolute atomic E-state index is 2.31. The molecule has 0 aromatic heterocycles. The van der Waals surface area contributed by atoms with Crippen molar-refractivity contribution in [1.29, 1.82) is 0 Å². The Labute approximate surface area is 198 Å². The van der Waals surface area contributed by atoms with Crippen LogP contribution in [0.1, 0.15) is 174 Å². The standard InChI is InChI=1S/C28H62Si2/c1-2-3-4-5-6-7-8-9-10-11-12-13-14-15-16-17-18-19-20-21-22-23-24-25-26-27-28-30-29/h2-28,30H2,1,29H3. The van der Waals surface area contributed by atoms with Crippen molar-refractivity contribution in [3.63, 3.8) is 0 Å². The average Bonchev–Trinajstić information content (AvgIpc) is 2.76. The van der Waals surface area contributed by atoms with Gasteiger partial charge in [0.25, 0.3) is 0 Å². The summed E-state index contributed by atoms with van der Waals surface area (Å²) >= 11 is 0. The van der Waals surface area contributed by atoms with Crippen molar-refractivity contribution in [1.82, 2.24) is 0 Å². The Kier molecular flexibility index (Phi) is 29.9. The molecular weight excluding hydrogens is 392 g/mol. The van der Waals surface area contributed by atoms with Gasteiger partial charge >= 0.3 is 0 Å². The van der Waals surface area contributed by atoms with Crippen LogP contribution in [0.15, 0.2) is 0 Å². The molecule has 0 nitrogen and oxygen atoms in total. The Morgan fingerprint density at radius 1 is 0.333 bits per heavy atom. The molecule has 0 bridgehead atoms. The van der Waals surface area contributed by atoms with Crippen LogP contribution in [0.2, 0.25) is 6.04 Å². The Morgan fingerprint density at radius 3 is 0.733 bits per heavy atom. The molecule has 0 aromatic rings. The molecule has 0 atom stereocenters. The molecule has 0 aliphatic rings. The van der Waals surface area contributed by atoms with Gasteiger partial charge < -0.3 is 0 Å². The van der Waals surface area contributed by atoms with Crippen LogP contribution in [0.5, 0.6) is 0 Å². The number of hydrogen-bond acceptors (Lipinski definition) is 0. The van der Waals surface area contributed by atoms with Gasteiger partial charge in [-0.15, -0.1) is 0 Å². The van der Waals surface area contributed by atoms with E-state index in [0.29, 0.717) is 9.04 Å². The lowest BCUT2D eigenvalue weighted by Crippen LogP contribution is -1.87. The third-order valence-corrected chi connectivity index (χ3v) is 10.3. The van der Waals surface area contributed by atoms with E-state index < -0.39 is 0 Å². The highest BCUT2D eigenvalue weighted by molar-refractivity contribution is 6.89. The second-order valence-corrected chi connectivity index (χ2v) is 14.9. The van der Waals surface area contributed by atoms with Gasteiger partial charge in [0.05, 0.1) is 0 Å².